The molecule has 1 atom stereocenters. The number of nitrogens with two attached hydrogens (primary N) is 1. The molecule has 1 heterocycles. The molecule has 0 amide bonds. The minimum Gasteiger partial charge on any atom is -0.339 e. The SMILES string of the molecule is Cc1ccc(C(N)c2noc(C(C)C)n2)cc1C. The summed E-state index contributed by atoms with van der Waals surface area (Å²) in [6.07, 6.45) is 0. The molecule has 0 aliphatic heterocycles. The molecule has 4 heteroatoms. The minimum absolute atomic E-state index is 0.221. The first kappa shape index (κ1) is 12.8. The summed E-state index contributed by atoms with van der Waals surface area (Å²) < 4.78 is 5.18. The van der Waals surface area contributed by atoms with Crippen LogP contribution in [0.4, 0.5) is 0 Å². The van der Waals surface area contributed by atoms with Crippen molar-refractivity contribution in [2.45, 2.75) is 39.7 Å². The van der Waals surface area contributed by atoms with E-state index >= 15 is 0 Å². The van der Waals surface area contributed by atoms with Crippen molar-refractivity contribution in [3.8, 4) is 0 Å². The van der Waals surface area contributed by atoms with Crippen LogP contribution in [0.1, 0.15) is 54.2 Å². The molecule has 2 rings (SSSR count). The Morgan fingerprint density at radius 1 is 1.17 bits per heavy atom. The van der Waals surface area contributed by atoms with E-state index in [1.165, 1.54) is 11.1 Å². The third kappa shape index (κ3) is 2.43. The molecular formula is C14H19N3O. The monoisotopic (exact) mass is 245 g/mol. The molecule has 0 bridgehead atoms. The number of hydrogen-bond acceptors (Lipinski definition) is 4. The van der Waals surface area contributed by atoms with Crippen LogP contribution in [0.2, 0.25) is 0 Å². The highest BCUT2D eigenvalue weighted by atomic mass is 16.5. The van der Waals surface area contributed by atoms with Crippen LogP contribution >= 0.6 is 0 Å². The van der Waals surface area contributed by atoms with Crippen molar-refractivity contribution in [3.05, 3.63) is 46.6 Å². The lowest BCUT2D eigenvalue weighted by atomic mass is 10.0. The Bertz CT molecular complexity index is 546. The van der Waals surface area contributed by atoms with E-state index in [-0.39, 0.29) is 12.0 Å². The van der Waals surface area contributed by atoms with Gasteiger partial charge >= 0.3 is 0 Å². The van der Waals surface area contributed by atoms with E-state index in [0.717, 1.165) is 5.56 Å². The Kier molecular flexibility index (Phi) is 3.48. The van der Waals surface area contributed by atoms with Crippen LogP contribution < -0.4 is 5.73 Å². The van der Waals surface area contributed by atoms with Gasteiger partial charge < -0.3 is 10.3 Å². The van der Waals surface area contributed by atoms with Crippen molar-refractivity contribution in [2.75, 3.05) is 0 Å². The minimum atomic E-state index is -0.333. The lowest BCUT2D eigenvalue weighted by Gasteiger charge is -2.09. The molecule has 0 fully saturated rings. The second-order valence-corrected chi connectivity index (χ2v) is 4.97. The van der Waals surface area contributed by atoms with Gasteiger partial charge in [0.15, 0.2) is 5.82 Å². The lowest BCUT2D eigenvalue weighted by molar-refractivity contribution is 0.359. The van der Waals surface area contributed by atoms with Crippen molar-refractivity contribution in [3.63, 3.8) is 0 Å². The van der Waals surface area contributed by atoms with E-state index in [4.69, 9.17) is 10.3 Å². The van der Waals surface area contributed by atoms with Gasteiger partial charge in [-0.1, -0.05) is 37.2 Å². The summed E-state index contributed by atoms with van der Waals surface area (Å²) in [4.78, 5) is 4.34. The molecule has 18 heavy (non-hydrogen) atoms. The van der Waals surface area contributed by atoms with E-state index in [1.807, 2.05) is 19.9 Å². The molecule has 1 unspecified atom stereocenters. The van der Waals surface area contributed by atoms with Gasteiger partial charge in [-0.05, 0) is 30.5 Å². The molecule has 1 aromatic carbocycles. The highest BCUT2D eigenvalue weighted by Gasteiger charge is 2.17. The van der Waals surface area contributed by atoms with Gasteiger partial charge in [0.25, 0.3) is 0 Å². The Labute approximate surface area is 107 Å². The van der Waals surface area contributed by atoms with Crippen LogP contribution in [0.25, 0.3) is 0 Å². The van der Waals surface area contributed by atoms with Crippen molar-refractivity contribution < 1.29 is 4.52 Å². The zero-order chi connectivity index (χ0) is 13.3. The molecule has 0 aliphatic rings. The number of nitrogens with zero attached hydrogens (tertiary/aromatic N) is 2. The van der Waals surface area contributed by atoms with E-state index in [2.05, 4.69) is 36.1 Å². The van der Waals surface area contributed by atoms with Gasteiger partial charge in [-0.25, -0.2) is 0 Å². The summed E-state index contributed by atoms with van der Waals surface area (Å²) in [6.45, 7) is 8.18. The number of aromatic nitrogens is 2. The maximum atomic E-state index is 6.16. The van der Waals surface area contributed by atoms with Crippen LogP contribution in [0, 0.1) is 13.8 Å². The van der Waals surface area contributed by atoms with Crippen LogP contribution in [0.15, 0.2) is 22.7 Å². The van der Waals surface area contributed by atoms with Crippen molar-refractivity contribution >= 4 is 0 Å². The van der Waals surface area contributed by atoms with Crippen LogP contribution in [0.3, 0.4) is 0 Å². The van der Waals surface area contributed by atoms with Gasteiger partial charge in [-0.2, -0.15) is 4.98 Å². The molecule has 2 N–H and O–H groups in total. The molecule has 1 aromatic heterocycles. The molecule has 0 aliphatic carbocycles. The fourth-order valence-electron chi connectivity index (χ4n) is 1.72. The van der Waals surface area contributed by atoms with E-state index < -0.39 is 0 Å². The Morgan fingerprint density at radius 3 is 2.44 bits per heavy atom. The summed E-state index contributed by atoms with van der Waals surface area (Å²) in [5.74, 6) is 1.39. The number of hydrogen-bond donors (Lipinski definition) is 1. The van der Waals surface area contributed by atoms with Crippen molar-refractivity contribution in [1.82, 2.24) is 10.1 Å². The molecule has 0 saturated carbocycles. The largest absolute Gasteiger partial charge is 0.339 e. The lowest BCUT2D eigenvalue weighted by Crippen LogP contribution is -2.14. The summed E-state index contributed by atoms with van der Waals surface area (Å²) in [5, 5.41) is 3.95. The molecule has 0 spiro atoms. The van der Waals surface area contributed by atoms with Gasteiger partial charge in [0, 0.05) is 5.92 Å². The fourth-order valence-corrected chi connectivity index (χ4v) is 1.72. The van der Waals surface area contributed by atoms with Gasteiger partial charge in [0.05, 0.1) is 6.04 Å². The summed E-state index contributed by atoms with van der Waals surface area (Å²) in [5.41, 5.74) is 9.64. The zero-order valence-corrected chi connectivity index (χ0v) is 11.3. The normalized spacial score (nSPS) is 13.0. The van der Waals surface area contributed by atoms with E-state index in [1.54, 1.807) is 0 Å². The maximum Gasteiger partial charge on any atom is 0.229 e. The van der Waals surface area contributed by atoms with Gasteiger partial charge in [-0.15, -0.1) is 0 Å². The third-order valence-electron chi connectivity index (χ3n) is 3.12. The first-order chi connectivity index (χ1) is 8.49. The topological polar surface area (TPSA) is 64.9 Å². The molecule has 4 nitrogen and oxygen atoms in total. The van der Waals surface area contributed by atoms with Gasteiger partial charge in [-0.3, -0.25) is 0 Å². The van der Waals surface area contributed by atoms with Crippen molar-refractivity contribution in [2.24, 2.45) is 5.73 Å². The second kappa shape index (κ2) is 4.90. The predicted octanol–water partition coefficient (Wildman–Crippen LogP) is 2.86. The summed E-state index contributed by atoms with van der Waals surface area (Å²) >= 11 is 0. The zero-order valence-electron chi connectivity index (χ0n) is 11.3. The quantitative estimate of drug-likeness (QED) is 0.903. The molecule has 0 radical (unpaired) electrons. The number of benzene rings is 1. The Balaban J connectivity index is 2.29. The van der Waals surface area contributed by atoms with E-state index in [0.29, 0.717) is 11.7 Å². The smallest absolute Gasteiger partial charge is 0.229 e. The van der Waals surface area contributed by atoms with Crippen LogP contribution in [0.5, 0.6) is 0 Å². The van der Waals surface area contributed by atoms with E-state index in [9.17, 15) is 0 Å². The van der Waals surface area contributed by atoms with Crippen molar-refractivity contribution in [1.29, 1.82) is 0 Å². The standard InChI is InChI=1S/C14H19N3O/c1-8(2)14-16-13(17-18-14)12(15)11-6-5-9(3)10(4)7-11/h5-8,12H,15H2,1-4H3. The average Bonchev–Trinajstić information content (AvgIpc) is 2.81. The second-order valence-electron chi connectivity index (χ2n) is 4.97. The number of rotatable bonds is 3. The molecular weight excluding hydrogens is 226 g/mol. The van der Waals surface area contributed by atoms with Gasteiger partial charge in [0.2, 0.25) is 5.89 Å². The summed E-state index contributed by atoms with van der Waals surface area (Å²) in [6, 6.07) is 5.82. The Hall–Kier alpha value is -1.68. The maximum absolute atomic E-state index is 6.16. The van der Waals surface area contributed by atoms with Crippen LogP contribution in [-0.2, 0) is 0 Å². The highest BCUT2D eigenvalue weighted by Crippen LogP contribution is 2.21. The van der Waals surface area contributed by atoms with Gasteiger partial charge in [0.1, 0.15) is 0 Å². The Morgan fingerprint density at radius 2 is 1.89 bits per heavy atom. The first-order valence-electron chi connectivity index (χ1n) is 6.15. The molecule has 96 valence electrons. The molecule has 0 saturated heterocycles. The predicted molar refractivity (Wildman–Crippen MR) is 70.3 cm³/mol. The fraction of sp³-hybridized carbons (Fsp3) is 0.429. The first-order valence-corrected chi connectivity index (χ1v) is 6.15. The highest BCUT2D eigenvalue weighted by molar-refractivity contribution is 5.33. The number of aryl methyl sites for hydroxylation is 2. The third-order valence-corrected chi connectivity index (χ3v) is 3.12. The summed E-state index contributed by atoms with van der Waals surface area (Å²) in [7, 11) is 0. The van der Waals surface area contributed by atoms with Crippen LogP contribution in [-0.4, -0.2) is 10.1 Å². The molecule has 2 aromatic rings. The average molecular weight is 245 g/mol.